The molecule has 0 radical (unpaired) electrons. The minimum Gasteiger partial charge on any atom is -0.303 e. The van der Waals surface area contributed by atoms with Crippen molar-refractivity contribution in [1.82, 2.24) is 5.01 Å². The van der Waals surface area contributed by atoms with Gasteiger partial charge in [-0.25, -0.2) is 0 Å². The van der Waals surface area contributed by atoms with Crippen molar-refractivity contribution >= 4 is 5.71 Å². The first-order valence-electron chi connectivity index (χ1n) is 6.02. The van der Waals surface area contributed by atoms with Gasteiger partial charge in [0.05, 0.1) is 0 Å². The molecule has 0 heterocycles. The van der Waals surface area contributed by atoms with Gasteiger partial charge in [-0.2, -0.15) is 5.10 Å². The monoisotopic (exact) mass is 194 g/mol. The van der Waals surface area contributed by atoms with Crippen molar-refractivity contribution in [2.24, 2.45) is 16.9 Å². The quantitative estimate of drug-likeness (QED) is 0.586. The van der Waals surface area contributed by atoms with Gasteiger partial charge in [-0.3, -0.25) is 0 Å². The molecule has 2 saturated carbocycles. The van der Waals surface area contributed by atoms with Crippen LogP contribution in [0.1, 0.15) is 44.9 Å². The smallest absolute Gasteiger partial charge is 0.0414 e. The third kappa shape index (κ3) is 2.10. The Balaban J connectivity index is 2.08. The molecule has 2 heteroatoms. The van der Waals surface area contributed by atoms with Crippen molar-refractivity contribution in [3.8, 4) is 0 Å². The number of hydrogen-bond donors (Lipinski definition) is 0. The molecule has 0 N–H and O–H groups in total. The van der Waals surface area contributed by atoms with Crippen LogP contribution in [0.25, 0.3) is 0 Å². The minimum atomic E-state index is 0.833. The van der Waals surface area contributed by atoms with Crippen LogP contribution in [0.5, 0.6) is 0 Å². The Labute approximate surface area is 87.4 Å². The average molecular weight is 194 g/mol. The number of fused-ring (bicyclic) bond motifs is 1. The third-order valence-electron chi connectivity index (χ3n) is 3.67. The highest BCUT2D eigenvalue weighted by atomic mass is 15.4. The maximum atomic E-state index is 4.67. The van der Waals surface area contributed by atoms with Gasteiger partial charge in [0.2, 0.25) is 0 Å². The van der Waals surface area contributed by atoms with E-state index in [0.717, 1.165) is 11.8 Å². The van der Waals surface area contributed by atoms with Crippen LogP contribution in [0.4, 0.5) is 0 Å². The highest BCUT2D eigenvalue weighted by Crippen LogP contribution is 2.39. The van der Waals surface area contributed by atoms with Crippen LogP contribution in [-0.2, 0) is 0 Å². The lowest BCUT2D eigenvalue weighted by Crippen LogP contribution is -2.32. The fourth-order valence-corrected chi connectivity index (χ4v) is 3.10. The molecule has 0 unspecified atom stereocenters. The lowest BCUT2D eigenvalue weighted by atomic mass is 9.70. The van der Waals surface area contributed by atoms with E-state index in [1.165, 1.54) is 50.7 Å². The number of rotatable bonds is 1. The van der Waals surface area contributed by atoms with Gasteiger partial charge in [-0.1, -0.05) is 12.8 Å². The van der Waals surface area contributed by atoms with E-state index in [2.05, 4.69) is 5.10 Å². The van der Waals surface area contributed by atoms with E-state index in [9.17, 15) is 0 Å². The SMILES string of the molecule is CN(C)/N=C1/CCC[C@H]2CCCC[C@H]12. The summed E-state index contributed by atoms with van der Waals surface area (Å²) < 4.78 is 0. The number of hydrogen-bond acceptors (Lipinski definition) is 2. The molecular weight excluding hydrogens is 172 g/mol. The first kappa shape index (κ1) is 10.0. The topological polar surface area (TPSA) is 15.6 Å². The van der Waals surface area contributed by atoms with Crippen LogP contribution in [0.2, 0.25) is 0 Å². The summed E-state index contributed by atoms with van der Waals surface area (Å²) in [7, 11) is 4.08. The van der Waals surface area contributed by atoms with Gasteiger partial charge in [-0.05, 0) is 38.0 Å². The molecule has 0 aromatic rings. The maximum absolute atomic E-state index is 4.67. The Morgan fingerprint density at radius 3 is 2.57 bits per heavy atom. The van der Waals surface area contributed by atoms with Crippen LogP contribution in [0, 0.1) is 11.8 Å². The average Bonchev–Trinajstić information content (AvgIpc) is 2.18. The Bertz CT molecular complexity index is 218. The molecule has 80 valence electrons. The normalized spacial score (nSPS) is 35.4. The van der Waals surface area contributed by atoms with Crippen LogP contribution < -0.4 is 0 Å². The van der Waals surface area contributed by atoms with Crippen LogP contribution in [-0.4, -0.2) is 24.8 Å². The highest BCUT2D eigenvalue weighted by molar-refractivity contribution is 5.87. The van der Waals surface area contributed by atoms with Crippen LogP contribution in [0.3, 0.4) is 0 Å². The van der Waals surface area contributed by atoms with Gasteiger partial charge in [-0.15, -0.1) is 0 Å². The van der Waals surface area contributed by atoms with Crippen molar-refractivity contribution in [3.05, 3.63) is 0 Å². The van der Waals surface area contributed by atoms with Crippen molar-refractivity contribution in [2.75, 3.05) is 14.1 Å². The first-order valence-corrected chi connectivity index (χ1v) is 6.02. The molecular formula is C12H22N2. The molecule has 0 spiro atoms. The Morgan fingerprint density at radius 1 is 1.07 bits per heavy atom. The van der Waals surface area contributed by atoms with Gasteiger partial charge in [0.15, 0.2) is 0 Å². The van der Waals surface area contributed by atoms with Crippen molar-refractivity contribution in [3.63, 3.8) is 0 Å². The molecule has 14 heavy (non-hydrogen) atoms. The second-order valence-electron chi connectivity index (χ2n) is 4.98. The van der Waals surface area contributed by atoms with Gasteiger partial charge in [0.1, 0.15) is 0 Å². The molecule has 0 bridgehead atoms. The molecule has 0 aliphatic heterocycles. The molecule has 2 aliphatic rings. The largest absolute Gasteiger partial charge is 0.303 e. The molecule has 2 rings (SSSR count). The van der Waals surface area contributed by atoms with E-state index in [0.29, 0.717) is 0 Å². The van der Waals surface area contributed by atoms with Crippen LogP contribution >= 0.6 is 0 Å². The van der Waals surface area contributed by atoms with Gasteiger partial charge < -0.3 is 5.01 Å². The molecule has 2 fully saturated rings. The van der Waals surface area contributed by atoms with Crippen LogP contribution in [0.15, 0.2) is 5.10 Å². The standard InChI is InChI=1S/C12H22N2/c1-14(2)13-12-9-5-7-10-6-3-4-8-11(10)12/h10-11H,3-9H2,1-2H3/b13-12-/t10-,11+/m1/s1. The van der Waals surface area contributed by atoms with E-state index < -0.39 is 0 Å². The van der Waals surface area contributed by atoms with E-state index in [1.807, 2.05) is 19.1 Å². The molecule has 0 saturated heterocycles. The summed E-state index contributed by atoms with van der Waals surface area (Å²) in [6.07, 6.45) is 9.81. The zero-order valence-electron chi connectivity index (χ0n) is 9.50. The molecule has 2 nitrogen and oxygen atoms in total. The van der Waals surface area contributed by atoms with E-state index in [1.54, 1.807) is 0 Å². The Hall–Kier alpha value is -0.530. The van der Waals surface area contributed by atoms with Crippen molar-refractivity contribution in [1.29, 1.82) is 0 Å². The second-order valence-corrected chi connectivity index (χ2v) is 4.98. The van der Waals surface area contributed by atoms with E-state index >= 15 is 0 Å². The predicted octanol–water partition coefficient (Wildman–Crippen LogP) is 2.89. The Morgan fingerprint density at radius 2 is 1.79 bits per heavy atom. The summed E-state index contributed by atoms with van der Waals surface area (Å²) >= 11 is 0. The maximum Gasteiger partial charge on any atom is 0.0414 e. The van der Waals surface area contributed by atoms with Gasteiger partial charge in [0.25, 0.3) is 0 Å². The first-order chi connectivity index (χ1) is 6.77. The fourth-order valence-electron chi connectivity index (χ4n) is 3.10. The third-order valence-corrected chi connectivity index (χ3v) is 3.67. The Kier molecular flexibility index (Phi) is 3.09. The van der Waals surface area contributed by atoms with E-state index in [-0.39, 0.29) is 0 Å². The zero-order valence-corrected chi connectivity index (χ0v) is 9.50. The minimum absolute atomic E-state index is 0.833. The summed E-state index contributed by atoms with van der Waals surface area (Å²) in [6.45, 7) is 0. The summed E-state index contributed by atoms with van der Waals surface area (Å²) in [4.78, 5) is 0. The van der Waals surface area contributed by atoms with Crippen molar-refractivity contribution < 1.29 is 0 Å². The zero-order chi connectivity index (χ0) is 9.97. The summed E-state index contributed by atoms with van der Waals surface area (Å²) in [5, 5.41) is 6.65. The van der Waals surface area contributed by atoms with Crippen molar-refractivity contribution in [2.45, 2.75) is 44.9 Å². The lowest BCUT2D eigenvalue weighted by Gasteiger charge is -2.36. The van der Waals surface area contributed by atoms with Gasteiger partial charge in [0, 0.05) is 25.7 Å². The summed E-state index contributed by atoms with van der Waals surface area (Å²) in [5.74, 6) is 1.80. The number of hydrazone groups is 1. The molecule has 0 amide bonds. The fraction of sp³-hybridized carbons (Fsp3) is 0.917. The summed E-state index contributed by atoms with van der Waals surface area (Å²) in [5.41, 5.74) is 1.49. The predicted molar refractivity (Wildman–Crippen MR) is 60.4 cm³/mol. The highest BCUT2D eigenvalue weighted by Gasteiger charge is 2.32. The van der Waals surface area contributed by atoms with Gasteiger partial charge >= 0.3 is 0 Å². The molecule has 2 atom stereocenters. The number of nitrogens with zero attached hydrogens (tertiary/aromatic N) is 2. The summed E-state index contributed by atoms with van der Waals surface area (Å²) in [6, 6.07) is 0. The van der Waals surface area contributed by atoms with E-state index in [4.69, 9.17) is 0 Å². The molecule has 2 aliphatic carbocycles. The molecule has 0 aromatic heterocycles. The second kappa shape index (κ2) is 4.33. The lowest BCUT2D eigenvalue weighted by molar-refractivity contribution is 0.256. The molecule has 0 aromatic carbocycles.